The lowest BCUT2D eigenvalue weighted by atomic mass is 9.92. The van der Waals surface area contributed by atoms with Gasteiger partial charge in [0.15, 0.2) is 6.61 Å². The molecule has 0 saturated heterocycles. The molecule has 0 bridgehead atoms. The first-order valence-corrected chi connectivity index (χ1v) is 24.0. The largest absolute Gasteiger partial charge is 0.493 e. The van der Waals surface area contributed by atoms with Crippen LogP contribution in [0.1, 0.15) is 95.9 Å². The number of carbonyl (C=O) groups excluding carboxylic acids is 3. The van der Waals surface area contributed by atoms with E-state index in [-0.39, 0.29) is 24.9 Å². The standard InChI is InChI=1S/C54H68N8O6/c1-35(2)27-30-66-46-25-23-38-17-8-10-19-41(38)49(46)50-42-20-11-9-18-39(42)24-26-47(50)67-34-48(63)60-43(21-12-13-28-55)51(64)61-44(22-14-29-58-54(56)57)52(65)62-45(31-36(3)4)53-59-33-40(68-53)32-37-15-6-5-7-16-37/h5-11,15-20,23-26,33,35-36,43-45H,12-14,21-22,27-32,34,55H2,1-4H3,(H,60,63)(H,61,64)(H,62,65)(H4,56,57,58)/p+2/t43-,44-,45+/m1/s1. The van der Waals surface area contributed by atoms with Crippen molar-refractivity contribution in [2.75, 3.05) is 26.3 Å². The van der Waals surface area contributed by atoms with Crippen molar-refractivity contribution in [2.45, 2.75) is 97.2 Å². The van der Waals surface area contributed by atoms with Crippen molar-refractivity contribution in [1.29, 1.82) is 0 Å². The van der Waals surface area contributed by atoms with Gasteiger partial charge in [0.2, 0.25) is 17.7 Å². The van der Waals surface area contributed by atoms with Gasteiger partial charge < -0.3 is 35.6 Å². The molecule has 14 heteroatoms. The highest BCUT2D eigenvalue weighted by Crippen LogP contribution is 2.45. The van der Waals surface area contributed by atoms with Crippen LogP contribution >= 0.6 is 0 Å². The van der Waals surface area contributed by atoms with Gasteiger partial charge in [0.05, 0.1) is 25.9 Å². The molecule has 0 spiro atoms. The number of fused-ring (bicyclic) bond motifs is 2. The lowest BCUT2D eigenvalue weighted by Gasteiger charge is -2.25. The van der Waals surface area contributed by atoms with Gasteiger partial charge >= 0.3 is 5.96 Å². The van der Waals surface area contributed by atoms with E-state index in [1.165, 1.54) is 0 Å². The lowest BCUT2D eigenvalue weighted by Crippen LogP contribution is -2.78. The van der Waals surface area contributed by atoms with E-state index in [1.807, 2.05) is 84.9 Å². The maximum absolute atomic E-state index is 14.3. The molecule has 3 atom stereocenters. The van der Waals surface area contributed by atoms with Gasteiger partial charge in [-0.1, -0.05) is 119 Å². The fourth-order valence-corrected chi connectivity index (χ4v) is 8.25. The van der Waals surface area contributed by atoms with E-state index in [0.717, 1.165) is 56.8 Å². The van der Waals surface area contributed by atoms with E-state index in [1.54, 1.807) is 6.20 Å². The fraction of sp³-hybridized carbons (Fsp3) is 0.389. The summed E-state index contributed by atoms with van der Waals surface area (Å²) >= 11 is 0. The second-order valence-electron chi connectivity index (χ2n) is 18.2. The molecular weight excluding hydrogens is 857 g/mol. The van der Waals surface area contributed by atoms with Crippen LogP contribution in [-0.4, -0.2) is 67.1 Å². The number of quaternary nitrogens is 1. The molecule has 0 aliphatic carbocycles. The molecule has 6 rings (SSSR count). The molecule has 0 unspecified atom stereocenters. The molecule has 68 heavy (non-hydrogen) atoms. The van der Waals surface area contributed by atoms with E-state index in [2.05, 4.69) is 77.6 Å². The second-order valence-corrected chi connectivity index (χ2v) is 18.2. The Kier molecular flexibility index (Phi) is 18.8. The molecule has 0 fully saturated rings. The molecule has 6 aromatic rings. The molecule has 1 aromatic heterocycles. The van der Waals surface area contributed by atoms with Gasteiger partial charge in [-0.25, -0.2) is 4.98 Å². The van der Waals surface area contributed by atoms with E-state index in [9.17, 15) is 14.4 Å². The Labute approximate surface area is 399 Å². The number of nitrogens with zero attached hydrogens (tertiary/aromatic N) is 1. The van der Waals surface area contributed by atoms with Crippen molar-refractivity contribution in [3.05, 3.63) is 127 Å². The number of nitrogens with two attached hydrogens (primary N) is 2. The number of nitrogens with one attached hydrogen (secondary N) is 4. The van der Waals surface area contributed by atoms with Gasteiger partial charge in [0.25, 0.3) is 5.91 Å². The minimum absolute atomic E-state index is 0.0565. The molecule has 360 valence electrons. The van der Waals surface area contributed by atoms with Crippen LogP contribution in [0.25, 0.3) is 32.7 Å². The summed E-state index contributed by atoms with van der Waals surface area (Å²) in [6.07, 6.45) is 6.07. The third-order valence-corrected chi connectivity index (χ3v) is 11.7. The predicted octanol–water partition coefficient (Wildman–Crippen LogP) is 5.46. The van der Waals surface area contributed by atoms with Gasteiger partial charge in [0.1, 0.15) is 35.4 Å². The number of guanidine groups is 1. The van der Waals surface area contributed by atoms with Gasteiger partial charge in [0, 0.05) is 17.5 Å². The summed E-state index contributed by atoms with van der Waals surface area (Å²) in [5.41, 5.74) is 18.0. The number of benzene rings is 5. The Balaban J connectivity index is 1.22. The molecule has 0 aliphatic rings. The number of amides is 3. The van der Waals surface area contributed by atoms with Gasteiger partial charge in [-0.2, -0.15) is 0 Å². The zero-order valence-corrected chi connectivity index (χ0v) is 40.0. The van der Waals surface area contributed by atoms with Crippen molar-refractivity contribution in [1.82, 2.24) is 20.9 Å². The van der Waals surface area contributed by atoms with Crippen LogP contribution in [0.2, 0.25) is 0 Å². The molecular formula is C54H70N8O6+2. The molecule has 1 heterocycles. The van der Waals surface area contributed by atoms with Crippen LogP contribution in [0.15, 0.2) is 114 Å². The monoisotopic (exact) mass is 927 g/mol. The van der Waals surface area contributed by atoms with E-state index < -0.39 is 35.8 Å². The Morgan fingerprint density at radius 1 is 0.691 bits per heavy atom. The SMILES string of the molecule is CC(C)CCOc1ccc2ccccc2c1-c1c(OCC(=O)N[C@H](CCCC[NH3+])C(=O)N[C@H](CCC[NH+]=C(N)N)C(=O)N[C@@H](CC(C)C)c2ncc(Cc3ccccc3)o2)ccc2ccccc12. The quantitative estimate of drug-likeness (QED) is 0.0208. The number of ether oxygens (including phenoxy) is 2. The van der Waals surface area contributed by atoms with E-state index in [4.69, 9.17) is 25.4 Å². The van der Waals surface area contributed by atoms with Crippen LogP contribution in [0, 0.1) is 11.8 Å². The number of hydrogen-bond donors (Lipinski definition) is 7. The summed E-state index contributed by atoms with van der Waals surface area (Å²) in [7, 11) is 0. The Bertz CT molecular complexity index is 2610. The number of oxazole rings is 1. The smallest absolute Gasteiger partial charge is 0.338 e. The Morgan fingerprint density at radius 2 is 1.29 bits per heavy atom. The molecule has 0 saturated carbocycles. The molecule has 3 amide bonds. The average molecular weight is 927 g/mol. The first kappa shape index (κ1) is 50.5. The number of aromatic nitrogens is 1. The van der Waals surface area contributed by atoms with Crippen molar-refractivity contribution in [2.24, 2.45) is 23.3 Å². The summed E-state index contributed by atoms with van der Waals surface area (Å²) in [6.45, 7) is 9.66. The minimum atomic E-state index is -0.974. The zero-order valence-electron chi connectivity index (χ0n) is 40.0. The molecule has 5 aromatic carbocycles. The topological polar surface area (TPSA) is 225 Å². The normalized spacial score (nSPS) is 12.7. The third-order valence-electron chi connectivity index (χ3n) is 11.7. The number of carbonyl (C=O) groups is 3. The summed E-state index contributed by atoms with van der Waals surface area (Å²) < 4.78 is 19.2. The maximum atomic E-state index is 14.3. The van der Waals surface area contributed by atoms with E-state index in [0.29, 0.717) is 75.1 Å². The average Bonchev–Trinajstić information content (AvgIpc) is 3.79. The predicted molar refractivity (Wildman–Crippen MR) is 267 cm³/mol. The van der Waals surface area contributed by atoms with Gasteiger partial charge in [-0.15, -0.1) is 0 Å². The molecule has 0 radical (unpaired) electrons. The highest BCUT2D eigenvalue weighted by Gasteiger charge is 2.30. The molecule has 14 nitrogen and oxygen atoms in total. The lowest BCUT2D eigenvalue weighted by molar-refractivity contribution is -0.459. The van der Waals surface area contributed by atoms with Crippen LogP contribution in [0.5, 0.6) is 11.5 Å². The summed E-state index contributed by atoms with van der Waals surface area (Å²) in [5, 5.41) is 13.0. The van der Waals surface area contributed by atoms with Crippen LogP contribution in [-0.2, 0) is 20.8 Å². The highest BCUT2D eigenvalue weighted by molar-refractivity contribution is 6.10. The van der Waals surface area contributed by atoms with Crippen LogP contribution in [0.3, 0.4) is 0 Å². The Morgan fingerprint density at radius 3 is 1.93 bits per heavy atom. The summed E-state index contributed by atoms with van der Waals surface area (Å²) in [4.78, 5) is 50.0. The Hall–Kier alpha value is -6.93. The fourth-order valence-electron chi connectivity index (χ4n) is 8.25. The second kappa shape index (κ2) is 25.3. The van der Waals surface area contributed by atoms with E-state index >= 15 is 0 Å². The van der Waals surface area contributed by atoms with Crippen molar-refractivity contribution >= 4 is 45.2 Å². The van der Waals surface area contributed by atoms with Crippen LogP contribution < -0.4 is 47.6 Å². The summed E-state index contributed by atoms with van der Waals surface area (Å²) in [5.74, 6) is 1.59. The first-order valence-electron chi connectivity index (χ1n) is 24.0. The van der Waals surface area contributed by atoms with Crippen molar-refractivity contribution in [3.63, 3.8) is 0 Å². The summed E-state index contributed by atoms with van der Waals surface area (Å²) in [6, 6.07) is 31.6. The number of hydrogen-bond acceptors (Lipinski definition) is 7. The number of rotatable bonds is 26. The minimum Gasteiger partial charge on any atom is -0.493 e. The van der Waals surface area contributed by atoms with Crippen molar-refractivity contribution in [3.8, 4) is 22.6 Å². The number of unbranched alkanes of at least 4 members (excludes halogenated alkanes) is 1. The first-order chi connectivity index (χ1) is 32.9. The van der Waals surface area contributed by atoms with Gasteiger partial charge in [-0.05, 0) is 96.0 Å². The third kappa shape index (κ3) is 14.5. The maximum Gasteiger partial charge on any atom is 0.338 e. The molecule has 0 aliphatic heterocycles. The van der Waals surface area contributed by atoms with Crippen LogP contribution in [0.4, 0.5) is 0 Å². The van der Waals surface area contributed by atoms with Gasteiger partial charge in [-0.3, -0.25) is 30.8 Å². The molecule has 11 N–H and O–H groups in total. The van der Waals surface area contributed by atoms with Crippen molar-refractivity contribution < 1.29 is 39.0 Å². The highest BCUT2D eigenvalue weighted by atomic mass is 16.5. The zero-order chi connectivity index (χ0) is 48.4.